The fourth-order valence-electron chi connectivity index (χ4n) is 1.51. The summed E-state index contributed by atoms with van der Waals surface area (Å²) < 4.78 is 10.9. The van der Waals surface area contributed by atoms with Crippen LogP contribution in [0.2, 0.25) is 0 Å². The monoisotopic (exact) mass is 268 g/mol. The fourth-order valence-corrected chi connectivity index (χ4v) is 1.90. The highest BCUT2D eigenvalue weighted by Crippen LogP contribution is 2.20. The summed E-state index contributed by atoms with van der Waals surface area (Å²) in [5, 5.41) is 13.6. The molecule has 0 radical (unpaired) electrons. The minimum absolute atomic E-state index is 0.0207. The van der Waals surface area contributed by atoms with Crippen LogP contribution in [0.3, 0.4) is 0 Å². The number of nitrogens with zero attached hydrogens (tertiary/aromatic N) is 2. The molecule has 0 aliphatic rings. The summed E-state index contributed by atoms with van der Waals surface area (Å²) in [6.07, 6.45) is 1.63. The average molecular weight is 268 g/mol. The molecule has 0 aliphatic heterocycles. The zero-order chi connectivity index (χ0) is 13.1. The Morgan fingerprint density at radius 3 is 3.00 bits per heavy atom. The molecule has 18 heavy (non-hydrogen) atoms. The maximum Gasteiger partial charge on any atom is 0.271 e. The summed E-state index contributed by atoms with van der Waals surface area (Å²) in [5.74, 6) is 1.05. The highest BCUT2D eigenvalue weighted by Gasteiger charge is 2.09. The normalized spacial score (nSPS) is 12.5. The van der Waals surface area contributed by atoms with Crippen molar-refractivity contribution in [2.24, 2.45) is 0 Å². The second-order valence-electron chi connectivity index (χ2n) is 3.75. The lowest BCUT2D eigenvalue weighted by molar-refractivity contribution is -0.384. The molecule has 96 valence electrons. The average Bonchev–Trinajstić information content (AvgIpc) is 2.69. The van der Waals surface area contributed by atoms with Crippen molar-refractivity contribution in [1.82, 2.24) is 9.97 Å². The summed E-state index contributed by atoms with van der Waals surface area (Å²) in [6.45, 7) is 0.533. The number of imidazole rings is 1. The Hall–Kier alpha value is -1.96. The number of fused-ring (bicyclic) bond motifs is 1. The van der Waals surface area contributed by atoms with Crippen molar-refractivity contribution in [3.8, 4) is 0 Å². The van der Waals surface area contributed by atoms with Gasteiger partial charge >= 0.3 is 0 Å². The molecule has 0 saturated carbocycles. The van der Waals surface area contributed by atoms with Gasteiger partial charge in [-0.3, -0.25) is 14.3 Å². The second-order valence-corrected chi connectivity index (χ2v) is 5.30. The molecule has 1 atom stereocenters. The Kier molecular flexibility index (Phi) is 3.56. The van der Waals surface area contributed by atoms with E-state index in [0.29, 0.717) is 29.3 Å². The van der Waals surface area contributed by atoms with Crippen molar-refractivity contribution < 1.29 is 9.13 Å². The first-order valence-corrected chi connectivity index (χ1v) is 6.97. The Balaban J connectivity index is 2.16. The molecule has 1 aromatic heterocycles. The third-order valence-corrected chi connectivity index (χ3v) is 3.14. The maximum absolute atomic E-state index is 10.9. The molecule has 0 aliphatic carbocycles. The van der Waals surface area contributed by atoms with Crippen molar-refractivity contribution in [1.29, 1.82) is 0 Å². The van der Waals surface area contributed by atoms with E-state index in [1.165, 1.54) is 12.1 Å². The molecule has 1 unspecified atom stereocenters. The molecule has 0 bridgehead atoms. The number of nitrogens with one attached hydrogen (secondary N) is 2. The maximum atomic E-state index is 10.9. The molecule has 0 spiro atoms. The number of nitro benzene ring substituents is 1. The van der Waals surface area contributed by atoms with E-state index in [1.54, 1.807) is 12.3 Å². The first-order valence-electron chi connectivity index (χ1n) is 5.24. The predicted molar refractivity (Wildman–Crippen MR) is 70.2 cm³/mol. The second kappa shape index (κ2) is 5.13. The molecule has 0 fully saturated rings. The smallest absolute Gasteiger partial charge is 0.271 e. The third-order valence-electron chi connectivity index (χ3n) is 2.36. The number of non-ortho nitro benzene ring substituents is 1. The highest BCUT2D eigenvalue weighted by molar-refractivity contribution is 7.84. The van der Waals surface area contributed by atoms with Crippen molar-refractivity contribution in [2.45, 2.75) is 0 Å². The van der Waals surface area contributed by atoms with Gasteiger partial charge in [0.05, 0.1) is 16.0 Å². The zero-order valence-corrected chi connectivity index (χ0v) is 10.5. The van der Waals surface area contributed by atoms with Crippen LogP contribution in [-0.2, 0) is 10.8 Å². The van der Waals surface area contributed by atoms with Crippen molar-refractivity contribution in [3.63, 3.8) is 0 Å². The molecule has 0 amide bonds. The first kappa shape index (κ1) is 12.5. The number of aromatic nitrogens is 2. The van der Waals surface area contributed by atoms with Gasteiger partial charge in [-0.15, -0.1) is 0 Å². The van der Waals surface area contributed by atoms with Gasteiger partial charge in [0, 0.05) is 41.5 Å². The van der Waals surface area contributed by atoms with Crippen LogP contribution in [0.5, 0.6) is 0 Å². The fraction of sp³-hybridized carbons (Fsp3) is 0.300. The van der Waals surface area contributed by atoms with Crippen molar-refractivity contribution in [3.05, 3.63) is 28.3 Å². The topological polar surface area (TPSA) is 101 Å². The summed E-state index contributed by atoms with van der Waals surface area (Å²) in [5.41, 5.74) is 1.28. The molecule has 1 heterocycles. The van der Waals surface area contributed by atoms with Gasteiger partial charge in [0.25, 0.3) is 5.69 Å². The number of hydrogen-bond acceptors (Lipinski definition) is 5. The lowest BCUT2D eigenvalue weighted by atomic mass is 10.3. The van der Waals surface area contributed by atoms with Gasteiger partial charge in [0.2, 0.25) is 5.95 Å². The van der Waals surface area contributed by atoms with E-state index in [2.05, 4.69) is 15.3 Å². The molecule has 8 heteroatoms. The van der Waals surface area contributed by atoms with Gasteiger partial charge < -0.3 is 10.3 Å². The quantitative estimate of drug-likeness (QED) is 0.628. The number of nitro groups is 1. The van der Waals surface area contributed by atoms with Crippen LogP contribution in [-0.4, -0.2) is 37.7 Å². The van der Waals surface area contributed by atoms with Gasteiger partial charge in [0.15, 0.2) is 0 Å². The number of benzene rings is 1. The third kappa shape index (κ3) is 2.83. The predicted octanol–water partition coefficient (Wildman–Crippen LogP) is 1.26. The van der Waals surface area contributed by atoms with E-state index < -0.39 is 15.7 Å². The van der Waals surface area contributed by atoms with Crippen LogP contribution in [0.4, 0.5) is 11.6 Å². The summed E-state index contributed by atoms with van der Waals surface area (Å²) in [4.78, 5) is 17.3. The van der Waals surface area contributed by atoms with Gasteiger partial charge in [-0.2, -0.15) is 0 Å². The van der Waals surface area contributed by atoms with Crippen LogP contribution < -0.4 is 5.32 Å². The lowest BCUT2D eigenvalue weighted by Crippen LogP contribution is -2.10. The Labute approximate surface area is 105 Å². The van der Waals surface area contributed by atoms with Gasteiger partial charge in [0.1, 0.15) is 0 Å². The van der Waals surface area contributed by atoms with Crippen LogP contribution in [0.1, 0.15) is 0 Å². The highest BCUT2D eigenvalue weighted by atomic mass is 32.2. The first-order chi connectivity index (χ1) is 8.56. The van der Waals surface area contributed by atoms with E-state index >= 15 is 0 Å². The lowest BCUT2D eigenvalue weighted by Gasteiger charge is -1.99. The van der Waals surface area contributed by atoms with E-state index in [1.807, 2.05) is 0 Å². The number of anilines is 1. The Morgan fingerprint density at radius 1 is 1.56 bits per heavy atom. The van der Waals surface area contributed by atoms with Crippen LogP contribution in [0, 0.1) is 10.1 Å². The standard InChI is InChI=1S/C10H12N4O3S/c1-18(17)5-4-11-10-12-8-3-2-7(14(15)16)6-9(8)13-10/h2-3,6H,4-5H2,1H3,(H2,11,12,13). The largest absolute Gasteiger partial charge is 0.355 e. The summed E-state index contributed by atoms with van der Waals surface area (Å²) >= 11 is 0. The molecular formula is C10H12N4O3S. The van der Waals surface area contributed by atoms with Crippen LogP contribution in [0.25, 0.3) is 11.0 Å². The molecule has 7 nitrogen and oxygen atoms in total. The minimum atomic E-state index is -0.860. The van der Waals surface area contributed by atoms with E-state index in [4.69, 9.17) is 0 Å². The van der Waals surface area contributed by atoms with Gasteiger partial charge in [-0.05, 0) is 6.07 Å². The molecule has 0 saturated heterocycles. The van der Waals surface area contributed by atoms with Gasteiger partial charge in [-0.25, -0.2) is 4.98 Å². The van der Waals surface area contributed by atoms with Crippen LogP contribution in [0.15, 0.2) is 18.2 Å². The number of H-pyrrole nitrogens is 1. The molecule has 2 aromatic rings. The summed E-state index contributed by atoms with van der Waals surface area (Å²) in [7, 11) is -0.860. The molecular weight excluding hydrogens is 256 g/mol. The van der Waals surface area contributed by atoms with Gasteiger partial charge in [-0.1, -0.05) is 0 Å². The van der Waals surface area contributed by atoms with Crippen LogP contribution >= 0.6 is 0 Å². The van der Waals surface area contributed by atoms with E-state index in [0.717, 1.165) is 0 Å². The van der Waals surface area contributed by atoms with E-state index in [-0.39, 0.29) is 5.69 Å². The number of aromatic amines is 1. The molecule has 2 rings (SSSR count). The number of hydrogen-bond donors (Lipinski definition) is 2. The zero-order valence-electron chi connectivity index (χ0n) is 9.67. The number of rotatable bonds is 5. The van der Waals surface area contributed by atoms with E-state index in [9.17, 15) is 14.3 Å². The minimum Gasteiger partial charge on any atom is -0.355 e. The Bertz CT molecular complexity index is 610. The Morgan fingerprint density at radius 2 is 2.33 bits per heavy atom. The molecule has 2 N–H and O–H groups in total. The van der Waals surface area contributed by atoms with Crippen molar-refractivity contribution >= 4 is 33.5 Å². The molecule has 1 aromatic carbocycles. The SMILES string of the molecule is CS(=O)CCNc1nc2ccc([N+](=O)[O-])cc2[nH]1. The summed E-state index contributed by atoms with van der Waals surface area (Å²) in [6, 6.07) is 4.44. The van der Waals surface area contributed by atoms with Crippen molar-refractivity contribution in [2.75, 3.05) is 23.9 Å².